The molecule has 0 aliphatic heterocycles. The van der Waals surface area contributed by atoms with Crippen molar-refractivity contribution in [2.45, 2.75) is 39.7 Å². The topological polar surface area (TPSA) is 122 Å². The summed E-state index contributed by atoms with van der Waals surface area (Å²) in [6.45, 7) is 6.77. The molecule has 5 N–H and O–H groups in total. The van der Waals surface area contributed by atoms with Crippen LogP contribution in [0.4, 0.5) is 4.79 Å². The van der Waals surface area contributed by atoms with Gasteiger partial charge in [0.05, 0.1) is 5.92 Å². The molecule has 7 nitrogen and oxygen atoms in total. The van der Waals surface area contributed by atoms with Crippen molar-refractivity contribution in [3.63, 3.8) is 0 Å². The van der Waals surface area contributed by atoms with Gasteiger partial charge in [0.2, 0.25) is 5.91 Å². The monoisotopic (exact) mass is 273 g/mol. The maximum absolute atomic E-state index is 11.6. The molecule has 0 saturated heterocycles. The standard InChI is InChI=1S/C12H23N3O4/c1-7(2)5-8(9(16)17)6-14-11(19)15-12(3,4)10(13)18/h7-8H,5-6H2,1-4H3,(H2,13,18)(H,16,17)(H2,14,15,19). The fraction of sp³-hybridized carbons (Fsp3) is 0.750. The van der Waals surface area contributed by atoms with Crippen LogP contribution in [-0.4, -0.2) is 35.1 Å². The predicted molar refractivity (Wildman–Crippen MR) is 70.4 cm³/mol. The summed E-state index contributed by atoms with van der Waals surface area (Å²) >= 11 is 0. The van der Waals surface area contributed by atoms with Crippen LogP contribution in [0, 0.1) is 11.8 Å². The molecule has 0 bridgehead atoms. The summed E-state index contributed by atoms with van der Waals surface area (Å²) < 4.78 is 0. The van der Waals surface area contributed by atoms with Gasteiger partial charge in [-0.3, -0.25) is 9.59 Å². The first-order valence-electron chi connectivity index (χ1n) is 6.15. The number of rotatable bonds is 7. The van der Waals surface area contributed by atoms with Crippen LogP contribution >= 0.6 is 0 Å². The zero-order chi connectivity index (χ0) is 15.2. The van der Waals surface area contributed by atoms with Crippen LogP contribution in [0.25, 0.3) is 0 Å². The SMILES string of the molecule is CC(C)CC(CNC(=O)NC(C)(C)C(N)=O)C(=O)O. The van der Waals surface area contributed by atoms with Gasteiger partial charge in [0.25, 0.3) is 0 Å². The Morgan fingerprint density at radius 3 is 2.16 bits per heavy atom. The maximum Gasteiger partial charge on any atom is 0.315 e. The van der Waals surface area contributed by atoms with E-state index >= 15 is 0 Å². The van der Waals surface area contributed by atoms with Gasteiger partial charge in [0.15, 0.2) is 0 Å². The van der Waals surface area contributed by atoms with Crippen LogP contribution in [0.3, 0.4) is 0 Å². The fourth-order valence-electron chi connectivity index (χ4n) is 1.45. The lowest BCUT2D eigenvalue weighted by Crippen LogP contribution is -2.56. The second-order valence-corrected chi connectivity index (χ2v) is 5.49. The lowest BCUT2D eigenvalue weighted by Gasteiger charge is -2.23. The molecule has 0 aromatic rings. The number of nitrogens with one attached hydrogen (secondary N) is 2. The summed E-state index contributed by atoms with van der Waals surface area (Å²) in [5, 5.41) is 13.8. The summed E-state index contributed by atoms with van der Waals surface area (Å²) in [6.07, 6.45) is 0.467. The van der Waals surface area contributed by atoms with Crippen molar-refractivity contribution in [1.29, 1.82) is 0 Å². The normalized spacial score (nSPS) is 12.9. The lowest BCUT2D eigenvalue weighted by molar-refractivity contribution is -0.142. The summed E-state index contributed by atoms with van der Waals surface area (Å²) in [4.78, 5) is 33.6. The number of carbonyl (C=O) groups is 3. The predicted octanol–water partition coefficient (Wildman–Crippen LogP) is 0.296. The van der Waals surface area contributed by atoms with Gasteiger partial charge in [-0.15, -0.1) is 0 Å². The van der Waals surface area contributed by atoms with Gasteiger partial charge in [-0.25, -0.2) is 4.79 Å². The van der Waals surface area contributed by atoms with E-state index in [2.05, 4.69) is 10.6 Å². The van der Waals surface area contributed by atoms with Crippen LogP contribution in [-0.2, 0) is 9.59 Å². The molecule has 0 aliphatic carbocycles. The summed E-state index contributed by atoms with van der Waals surface area (Å²) in [5.41, 5.74) is 3.93. The zero-order valence-electron chi connectivity index (χ0n) is 11.8. The molecule has 0 aromatic carbocycles. The molecule has 0 aromatic heterocycles. The second kappa shape index (κ2) is 6.96. The molecule has 0 spiro atoms. The Labute approximate surface area is 112 Å². The quantitative estimate of drug-likeness (QED) is 0.532. The number of hydrogen-bond acceptors (Lipinski definition) is 3. The maximum atomic E-state index is 11.6. The third-order valence-corrected chi connectivity index (χ3v) is 2.66. The first-order valence-corrected chi connectivity index (χ1v) is 6.15. The van der Waals surface area contributed by atoms with Gasteiger partial charge in [-0.05, 0) is 26.2 Å². The minimum atomic E-state index is -1.18. The van der Waals surface area contributed by atoms with Crippen molar-refractivity contribution >= 4 is 17.9 Å². The number of carboxylic acid groups (broad SMARTS) is 1. The Balaban J connectivity index is 4.34. The minimum absolute atomic E-state index is 0.00812. The molecule has 7 heteroatoms. The number of nitrogens with two attached hydrogens (primary N) is 1. The number of urea groups is 1. The molecule has 19 heavy (non-hydrogen) atoms. The highest BCUT2D eigenvalue weighted by Gasteiger charge is 2.27. The van der Waals surface area contributed by atoms with Crippen LogP contribution in [0.1, 0.15) is 34.1 Å². The average molecular weight is 273 g/mol. The first-order chi connectivity index (χ1) is 8.56. The third-order valence-electron chi connectivity index (χ3n) is 2.66. The van der Waals surface area contributed by atoms with Gasteiger partial charge < -0.3 is 21.5 Å². The van der Waals surface area contributed by atoms with Crippen LogP contribution in [0.5, 0.6) is 0 Å². The number of aliphatic carboxylic acids is 1. The highest BCUT2D eigenvalue weighted by molar-refractivity contribution is 5.89. The Morgan fingerprint density at radius 2 is 1.79 bits per heavy atom. The molecule has 3 amide bonds. The molecule has 110 valence electrons. The van der Waals surface area contributed by atoms with Gasteiger partial charge >= 0.3 is 12.0 Å². The highest BCUT2D eigenvalue weighted by Crippen LogP contribution is 2.11. The van der Waals surface area contributed by atoms with E-state index in [9.17, 15) is 14.4 Å². The van der Waals surface area contributed by atoms with Crippen LogP contribution < -0.4 is 16.4 Å². The van der Waals surface area contributed by atoms with E-state index in [4.69, 9.17) is 10.8 Å². The van der Waals surface area contributed by atoms with Crippen molar-refractivity contribution in [3.8, 4) is 0 Å². The molecule has 0 aliphatic rings. The second-order valence-electron chi connectivity index (χ2n) is 5.49. The average Bonchev–Trinajstić information content (AvgIpc) is 2.22. The summed E-state index contributed by atoms with van der Waals surface area (Å²) in [5.74, 6) is -2.06. The van der Waals surface area contributed by atoms with Crippen molar-refractivity contribution < 1.29 is 19.5 Å². The van der Waals surface area contributed by atoms with E-state index in [1.54, 1.807) is 0 Å². The van der Waals surface area contributed by atoms with Gasteiger partial charge in [-0.2, -0.15) is 0 Å². The smallest absolute Gasteiger partial charge is 0.315 e. The molecule has 0 heterocycles. The van der Waals surface area contributed by atoms with Gasteiger partial charge in [0, 0.05) is 6.54 Å². The largest absolute Gasteiger partial charge is 0.481 e. The van der Waals surface area contributed by atoms with Gasteiger partial charge in [0.1, 0.15) is 5.54 Å². The third kappa shape index (κ3) is 6.64. The number of carboxylic acids is 1. The molecule has 0 rings (SSSR count). The number of amides is 3. The minimum Gasteiger partial charge on any atom is -0.481 e. The molecule has 1 unspecified atom stereocenters. The van der Waals surface area contributed by atoms with Gasteiger partial charge in [-0.1, -0.05) is 13.8 Å². The van der Waals surface area contributed by atoms with Crippen molar-refractivity contribution in [2.24, 2.45) is 17.6 Å². The number of primary amides is 1. The Morgan fingerprint density at radius 1 is 1.26 bits per heavy atom. The van der Waals surface area contributed by atoms with E-state index in [-0.39, 0.29) is 12.5 Å². The van der Waals surface area contributed by atoms with Crippen LogP contribution in [0.2, 0.25) is 0 Å². The van der Waals surface area contributed by atoms with E-state index in [1.807, 2.05) is 13.8 Å². The summed E-state index contributed by atoms with van der Waals surface area (Å²) in [7, 11) is 0. The molecule has 0 saturated carbocycles. The summed E-state index contributed by atoms with van der Waals surface area (Å²) in [6, 6.07) is -0.612. The zero-order valence-corrected chi connectivity index (χ0v) is 11.8. The molecular formula is C12H23N3O4. The van der Waals surface area contributed by atoms with Crippen molar-refractivity contribution in [3.05, 3.63) is 0 Å². The van der Waals surface area contributed by atoms with Crippen molar-refractivity contribution in [1.82, 2.24) is 10.6 Å². The lowest BCUT2D eigenvalue weighted by atomic mass is 9.97. The first kappa shape index (κ1) is 17.2. The van der Waals surface area contributed by atoms with Crippen molar-refractivity contribution in [2.75, 3.05) is 6.54 Å². The van der Waals surface area contributed by atoms with E-state index in [0.29, 0.717) is 6.42 Å². The number of hydrogen-bond donors (Lipinski definition) is 4. The molecule has 1 atom stereocenters. The molecular weight excluding hydrogens is 250 g/mol. The van der Waals surface area contributed by atoms with E-state index in [0.717, 1.165) is 0 Å². The van der Waals surface area contributed by atoms with E-state index < -0.39 is 29.4 Å². The molecule has 0 fully saturated rings. The molecule has 0 radical (unpaired) electrons. The fourth-order valence-corrected chi connectivity index (χ4v) is 1.45. The number of carbonyl (C=O) groups excluding carboxylic acids is 2. The Bertz CT molecular complexity index is 353. The van der Waals surface area contributed by atoms with Crippen LogP contribution in [0.15, 0.2) is 0 Å². The highest BCUT2D eigenvalue weighted by atomic mass is 16.4. The Hall–Kier alpha value is -1.79. The Kier molecular flexibility index (Phi) is 6.31. The van der Waals surface area contributed by atoms with E-state index in [1.165, 1.54) is 13.8 Å².